The third-order valence-corrected chi connectivity index (χ3v) is 22.0. The van der Waals surface area contributed by atoms with Gasteiger partial charge in [0.25, 0.3) is 0 Å². The molecule has 4 aliphatic heterocycles. The van der Waals surface area contributed by atoms with Gasteiger partial charge in [-0.25, -0.2) is 39.7 Å². The smallest absolute Gasteiger partial charge is 0.337 e. The van der Waals surface area contributed by atoms with Crippen molar-refractivity contribution in [3.8, 4) is 0 Å². The second kappa shape index (κ2) is 53.9. The van der Waals surface area contributed by atoms with Gasteiger partial charge in [0.2, 0.25) is 22.9 Å². The van der Waals surface area contributed by atoms with Gasteiger partial charge >= 0.3 is 29.8 Å². The highest BCUT2D eigenvalue weighted by Crippen LogP contribution is 2.47. The Morgan fingerprint density at radius 1 is 0.581 bits per heavy atom. The molecular weight excluding hydrogens is 1880 g/mol. The Morgan fingerprint density at radius 3 is 1.40 bits per heavy atom. The van der Waals surface area contributed by atoms with E-state index in [0.717, 1.165) is 61.3 Å². The highest BCUT2D eigenvalue weighted by Gasteiger charge is 2.55. The Labute approximate surface area is 795 Å². The summed E-state index contributed by atoms with van der Waals surface area (Å²) in [6, 6.07) is 33.7. The fourth-order valence-electron chi connectivity index (χ4n) is 13.2. The number of nitrogens with zero attached hydrogens (tertiary/aromatic N) is 10. The van der Waals surface area contributed by atoms with Gasteiger partial charge in [0.15, 0.2) is 0 Å². The molecule has 2 saturated heterocycles. The number of likely N-dealkylation sites (tertiary alicyclic amines) is 1. The quantitative estimate of drug-likeness (QED) is 0.0169. The van der Waals surface area contributed by atoms with Crippen LogP contribution >= 0.6 is 97.1 Å². The summed E-state index contributed by atoms with van der Waals surface area (Å²) in [4.78, 5) is 132. The number of aliphatic carboxylic acids is 1. The third kappa shape index (κ3) is 37.4. The predicted molar refractivity (Wildman–Crippen MR) is 503 cm³/mol. The number of nitro groups is 2. The summed E-state index contributed by atoms with van der Waals surface area (Å²) in [5, 5.41) is 36.1. The van der Waals surface area contributed by atoms with Crippen molar-refractivity contribution in [3.05, 3.63) is 288 Å². The second-order valence-corrected chi connectivity index (χ2v) is 35.8. The number of nitrogens with one attached hydrogen (secondary N) is 1. The monoisotopic (exact) mass is 1980 g/mol. The number of halogens is 8. The molecule has 7 aromatic heterocycles. The van der Waals surface area contributed by atoms with Gasteiger partial charge in [0.1, 0.15) is 36.1 Å². The van der Waals surface area contributed by atoms with Crippen LogP contribution < -0.4 is 11.1 Å². The molecule has 4 N–H and O–H groups in total. The number of nitrogens with two attached hydrogens (primary N) is 1. The molecule has 698 valence electrons. The molecule has 0 spiro atoms. The van der Waals surface area contributed by atoms with E-state index in [1.165, 1.54) is 110 Å². The van der Waals surface area contributed by atoms with E-state index in [2.05, 4.69) is 111 Å². The van der Waals surface area contributed by atoms with Crippen molar-refractivity contribution in [3.63, 3.8) is 0 Å². The van der Waals surface area contributed by atoms with Gasteiger partial charge in [-0.05, 0) is 174 Å². The number of hydrogen-bond acceptors (Lipinski definition) is 25. The van der Waals surface area contributed by atoms with Crippen LogP contribution in [0.25, 0.3) is 5.57 Å². The SMILES string of the molecule is BrC1=CCOCC1.C=C(C(=O)OC)c1ccc(Cl)nc1.CC1(C)CC(C)(c2ccc(Cl)nc2)C(=O)N1.CC1(c2ccc(Cl)nc2)CC(C)(C)N(C2=CCOCC2)C1=O.CN.COC(=O)C(C)(CC(C)(C)[N+](=O)[O-])c1ccc(Cl)nc1.COC(=O)C(CC(C)(C)[N+](=O)[O-])c1ccc(Cl)nc1.COC(=O)Cc1ccc(Cl)nc1.Cc1ccccc1.O=C(O)Cc1ccc(Cl)nc1. The first kappa shape index (κ1) is 113. The number of aromatic nitrogens is 7. The molecule has 0 aliphatic carbocycles. The second-order valence-electron chi connectivity index (χ2n) is 32.0. The Kier molecular flexibility index (Phi) is 47.3. The van der Waals surface area contributed by atoms with Gasteiger partial charge in [0, 0.05) is 129 Å². The molecule has 0 saturated carbocycles. The first-order chi connectivity index (χ1) is 60.4. The van der Waals surface area contributed by atoms with Crippen LogP contribution in [0, 0.1) is 27.2 Å². The molecule has 12 rings (SSSR count). The van der Waals surface area contributed by atoms with Gasteiger partial charge < -0.3 is 49.5 Å². The molecule has 11 heterocycles. The maximum absolute atomic E-state index is 13.2. The molecule has 4 atom stereocenters. The van der Waals surface area contributed by atoms with Crippen LogP contribution in [-0.4, -0.2) is 180 Å². The van der Waals surface area contributed by atoms with Crippen LogP contribution in [0.5, 0.6) is 0 Å². The number of aryl methyl sites for hydroxylation is 1. The predicted octanol–water partition coefficient (Wildman–Crippen LogP) is 18.6. The van der Waals surface area contributed by atoms with Crippen molar-refractivity contribution in [1.29, 1.82) is 0 Å². The molecular formula is C91H110BrCl7N12O18. The number of pyridine rings is 7. The first-order valence-corrected chi connectivity index (χ1v) is 43.1. The van der Waals surface area contributed by atoms with Crippen molar-refractivity contribution in [2.75, 3.05) is 61.9 Å². The number of carbonyl (C=O) groups excluding carboxylic acids is 6. The lowest BCUT2D eigenvalue weighted by atomic mass is 9.74. The normalized spacial score (nSPS) is 16.7. The molecule has 1 aromatic carbocycles. The summed E-state index contributed by atoms with van der Waals surface area (Å²) in [6.45, 7) is 28.3. The molecule has 0 bridgehead atoms. The zero-order chi connectivity index (χ0) is 97.4. The highest BCUT2D eigenvalue weighted by molar-refractivity contribution is 9.11. The summed E-state index contributed by atoms with van der Waals surface area (Å²) in [7, 11) is 6.66. The number of carboxylic acids is 1. The first-order valence-electron chi connectivity index (χ1n) is 39.7. The lowest BCUT2D eigenvalue weighted by Gasteiger charge is -2.34. The minimum absolute atomic E-state index is 0.00975. The fourth-order valence-corrected chi connectivity index (χ4v) is 14.2. The van der Waals surface area contributed by atoms with Gasteiger partial charge in [-0.1, -0.05) is 176 Å². The molecule has 38 heteroatoms. The van der Waals surface area contributed by atoms with E-state index in [1.807, 2.05) is 75.1 Å². The van der Waals surface area contributed by atoms with E-state index in [9.17, 15) is 53.8 Å². The third-order valence-electron chi connectivity index (χ3n) is 19.8. The Hall–Kier alpha value is -10.0. The Balaban J connectivity index is 0.000000380. The van der Waals surface area contributed by atoms with Crippen molar-refractivity contribution < 1.29 is 76.9 Å². The number of esters is 4. The summed E-state index contributed by atoms with van der Waals surface area (Å²) < 4.78 is 30.2. The number of amides is 2. The standard InChI is InChI=1S/C17H21ClN2O2.C13H17ClN2O4.C12H15ClN2O4.C12H15ClN2O.C9H8ClNO2.C8H8ClNO2.C7H6ClNO2.C7H8.C5H7BrO.CH5N/c1-16(2)11-17(3,12-4-5-14(18)19-10-12)15(21)20(16)13-6-8-22-9-7-13;1-12(2,16(18)19)8-13(3,11(17)20-4)9-5-6-10(14)15-7-9;1-12(2,15(17)18)6-9(11(16)19-3)8-4-5-10(13)14-7-8;1-11(2)7-12(3,10(16)15-11)8-4-5-9(13)14-6-8;1-6(9(12)13-2)7-3-4-8(10)11-5-7;1-12-8(11)4-6-2-3-7(9)10-5-6;8-6-2-1-5(4-9-6)3-7(10)11;1-7-5-3-2-4-6-7;6-5-1-3-7-4-2-5;1-2/h4-6,10H,7-9,11H2,1-3H3;5-7H,8H2,1-4H3;4-5,7,9H,6H2,1-3H3;4-6H,7H2,1-3H3,(H,15,16);3-5H,1H2,2H3;2-3,5H,4H2,1H3;1-2,4H,3H2,(H,10,11);2-6H,1H3;1H,2-4H2;2H2,1H3. The number of carbonyl (C=O) groups is 7. The van der Waals surface area contributed by atoms with Crippen molar-refractivity contribution in [2.45, 2.75) is 179 Å². The van der Waals surface area contributed by atoms with E-state index in [0.29, 0.717) is 66.4 Å². The Bertz CT molecular complexity index is 5050. The van der Waals surface area contributed by atoms with E-state index in [4.69, 9.17) is 105 Å². The zero-order valence-corrected chi connectivity index (χ0v) is 81.8. The van der Waals surface area contributed by atoms with Gasteiger partial charge in [0.05, 0.1) is 95.4 Å². The average molecular weight is 1990 g/mol. The van der Waals surface area contributed by atoms with Crippen LogP contribution in [0.3, 0.4) is 0 Å². The molecule has 30 nitrogen and oxygen atoms in total. The van der Waals surface area contributed by atoms with E-state index in [-0.39, 0.29) is 65.3 Å². The molecule has 129 heavy (non-hydrogen) atoms. The average Bonchev–Trinajstić information content (AvgIpc) is 1.58. The lowest BCUT2D eigenvalue weighted by Crippen LogP contribution is -2.44. The number of ether oxygens (including phenoxy) is 6. The fraction of sp³-hybridized carbons (Fsp3) is 0.407. The van der Waals surface area contributed by atoms with Gasteiger partial charge in [-0.3, -0.25) is 49.0 Å². The number of rotatable bonds is 19. The van der Waals surface area contributed by atoms with E-state index in [1.54, 1.807) is 86.2 Å². The highest BCUT2D eigenvalue weighted by atomic mass is 79.9. The van der Waals surface area contributed by atoms with Crippen LogP contribution in [-0.2, 0) is 91.1 Å². The summed E-state index contributed by atoms with van der Waals surface area (Å²) >= 11 is 43.0. The number of carboxylic acid groups (broad SMARTS) is 1. The molecule has 4 aliphatic rings. The molecule has 4 unspecified atom stereocenters. The van der Waals surface area contributed by atoms with Crippen molar-refractivity contribution >= 4 is 144 Å². The van der Waals surface area contributed by atoms with Crippen LogP contribution in [0.1, 0.15) is 165 Å². The van der Waals surface area contributed by atoms with Crippen LogP contribution in [0.15, 0.2) is 188 Å². The molecule has 8 aromatic rings. The lowest BCUT2D eigenvalue weighted by molar-refractivity contribution is -0.563. The largest absolute Gasteiger partial charge is 0.481 e. The van der Waals surface area contributed by atoms with E-state index >= 15 is 0 Å². The summed E-state index contributed by atoms with van der Waals surface area (Å²) in [6.07, 6.45) is 18.4. The maximum Gasteiger partial charge on any atom is 0.337 e. The van der Waals surface area contributed by atoms with Crippen LogP contribution in [0.2, 0.25) is 36.1 Å². The van der Waals surface area contributed by atoms with E-state index < -0.39 is 67.0 Å². The zero-order valence-electron chi connectivity index (χ0n) is 74.9. The minimum Gasteiger partial charge on any atom is -0.481 e. The Morgan fingerprint density at radius 2 is 1.05 bits per heavy atom. The molecule has 0 radical (unpaired) electrons. The molecule has 2 amide bonds. The van der Waals surface area contributed by atoms with Gasteiger partial charge in [-0.2, -0.15) is 0 Å². The van der Waals surface area contributed by atoms with Gasteiger partial charge in [-0.15, -0.1) is 0 Å². The number of methoxy groups -OCH3 is 4. The summed E-state index contributed by atoms with van der Waals surface area (Å²) in [5.41, 5.74) is 7.01. The maximum atomic E-state index is 13.2. The van der Waals surface area contributed by atoms with Crippen LogP contribution in [0.4, 0.5) is 0 Å². The summed E-state index contributed by atoms with van der Waals surface area (Å²) in [5.74, 6) is -3.24. The number of hydrogen-bond donors (Lipinski definition) is 3. The van der Waals surface area contributed by atoms with Crippen molar-refractivity contribution in [2.24, 2.45) is 5.73 Å². The minimum atomic E-state index is -1.28. The molecule has 2 fully saturated rings. The van der Waals surface area contributed by atoms with Crippen molar-refractivity contribution in [1.82, 2.24) is 45.1 Å². The number of benzene rings is 1. The topological polar surface area (TPSA) is 413 Å².